The Morgan fingerprint density at radius 1 is 1.36 bits per heavy atom. The molecule has 1 saturated carbocycles. The molecule has 4 rings (SSSR count). The monoisotopic (exact) mass is 386 g/mol. The first-order valence-electron chi connectivity index (χ1n) is 9.80. The molecular weight excluding hydrogens is 360 g/mol. The smallest absolute Gasteiger partial charge is 0.311 e. The number of aromatic nitrogens is 3. The second-order valence-electron chi connectivity index (χ2n) is 8.32. The molecule has 3 heterocycles. The minimum atomic E-state index is -0.769. The number of aliphatic carboxylic acids is 1. The van der Waals surface area contributed by atoms with E-state index >= 15 is 0 Å². The number of carboxylic acids is 1. The molecule has 2 atom stereocenters. The van der Waals surface area contributed by atoms with Crippen LogP contribution in [-0.4, -0.2) is 49.7 Å². The number of aryl methyl sites for hydroxylation is 3. The van der Waals surface area contributed by atoms with E-state index in [1.54, 1.807) is 16.6 Å². The summed E-state index contributed by atoms with van der Waals surface area (Å²) in [5.41, 5.74) is 2.28. The fourth-order valence-electron chi connectivity index (χ4n) is 5.24. The van der Waals surface area contributed by atoms with Crippen molar-refractivity contribution >= 4 is 22.9 Å². The SMILES string of the molecule is Cc1nc2c(c(C)c1CCC(=O)N1C[C@@H]3CCC[C@@]3(C(=O)O)C1)c(=O)[nH]n2C. The lowest BCUT2D eigenvalue weighted by Gasteiger charge is -2.23. The molecule has 8 nitrogen and oxygen atoms in total. The first-order chi connectivity index (χ1) is 13.2. The molecule has 1 amide bonds. The van der Waals surface area contributed by atoms with Gasteiger partial charge >= 0.3 is 5.97 Å². The maximum atomic E-state index is 12.8. The summed E-state index contributed by atoms with van der Waals surface area (Å²) in [6.07, 6.45) is 3.25. The summed E-state index contributed by atoms with van der Waals surface area (Å²) in [7, 11) is 1.75. The summed E-state index contributed by atoms with van der Waals surface area (Å²) in [4.78, 5) is 43.1. The topological polar surface area (TPSA) is 108 Å². The lowest BCUT2D eigenvalue weighted by Crippen LogP contribution is -2.37. The number of nitrogens with zero attached hydrogens (tertiary/aromatic N) is 3. The first-order valence-corrected chi connectivity index (χ1v) is 9.80. The number of fused-ring (bicyclic) bond motifs is 2. The van der Waals surface area contributed by atoms with Crippen molar-refractivity contribution in [3.05, 3.63) is 27.2 Å². The van der Waals surface area contributed by atoms with Crippen molar-refractivity contribution in [1.29, 1.82) is 0 Å². The Morgan fingerprint density at radius 2 is 2.11 bits per heavy atom. The Morgan fingerprint density at radius 3 is 2.79 bits per heavy atom. The van der Waals surface area contributed by atoms with Crippen LogP contribution in [0.5, 0.6) is 0 Å². The highest BCUT2D eigenvalue weighted by Gasteiger charge is 2.55. The summed E-state index contributed by atoms with van der Waals surface area (Å²) >= 11 is 0. The molecule has 2 aromatic rings. The van der Waals surface area contributed by atoms with Crippen LogP contribution in [-0.2, 0) is 23.1 Å². The van der Waals surface area contributed by atoms with E-state index in [2.05, 4.69) is 10.1 Å². The van der Waals surface area contributed by atoms with Crippen LogP contribution in [0.2, 0.25) is 0 Å². The van der Waals surface area contributed by atoms with Crippen molar-refractivity contribution in [2.75, 3.05) is 13.1 Å². The van der Waals surface area contributed by atoms with Crippen molar-refractivity contribution < 1.29 is 14.7 Å². The fraction of sp³-hybridized carbons (Fsp3) is 0.600. The van der Waals surface area contributed by atoms with Crippen LogP contribution in [0.1, 0.15) is 42.5 Å². The Hall–Kier alpha value is -2.64. The number of carboxylic acid groups (broad SMARTS) is 1. The minimum Gasteiger partial charge on any atom is -0.481 e. The molecule has 150 valence electrons. The van der Waals surface area contributed by atoms with Gasteiger partial charge in [0.1, 0.15) is 0 Å². The normalized spacial score (nSPS) is 24.1. The van der Waals surface area contributed by atoms with Crippen LogP contribution >= 0.6 is 0 Å². The molecule has 1 aliphatic heterocycles. The molecule has 28 heavy (non-hydrogen) atoms. The molecule has 1 saturated heterocycles. The van der Waals surface area contributed by atoms with E-state index in [9.17, 15) is 19.5 Å². The van der Waals surface area contributed by atoms with Gasteiger partial charge in [0, 0.05) is 32.3 Å². The van der Waals surface area contributed by atoms with Crippen LogP contribution in [0.3, 0.4) is 0 Å². The third-order valence-electron chi connectivity index (χ3n) is 6.81. The van der Waals surface area contributed by atoms with Crippen molar-refractivity contribution in [3.63, 3.8) is 0 Å². The summed E-state index contributed by atoms with van der Waals surface area (Å²) in [6, 6.07) is 0. The van der Waals surface area contributed by atoms with Gasteiger partial charge in [0.15, 0.2) is 5.65 Å². The zero-order chi connectivity index (χ0) is 20.2. The molecular formula is C20H26N4O4. The lowest BCUT2D eigenvalue weighted by atomic mass is 9.81. The summed E-state index contributed by atoms with van der Waals surface area (Å²) in [6.45, 7) is 4.65. The zero-order valence-corrected chi connectivity index (χ0v) is 16.5. The molecule has 1 aliphatic carbocycles. The van der Waals surface area contributed by atoms with Crippen LogP contribution < -0.4 is 5.56 Å². The highest BCUT2D eigenvalue weighted by molar-refractivity contribution is 5.83. The lowest BCUT2D eigenvalue weighted by molar-refractivity contribution is -0.149. The Bertz CT molecular complexity index is 1040. The van der Waals surface area contributed by atoms with Gasteiger partial charge in [0.25, 0.3) is 5.56 Å². The molecule has 0 spiro atoms. The molecule has 0 unspecified atom stereocenters. The molecule has 2 fully saturated rings. The molecule has 0 aromatic carbocycles. The van der Waals surface area contributed by atoms with Crippen molar-refractivity contribution in [2.45, 2.75) is 46.0 Å². The Labute approximate surface area is 162 Å². The summed E-state index contributed by atoms with van der Waals surface area (Å²) in [5.74, 6) is -0.718. The quantitative estimate of drug-likeness (QED) is 0.828. The Kier molecular flexibility index (Phi) is 4.32. The number of rotatable bonds is 4. The number of likely N-dealkylation sites (tertiary alicyclic amines) is 1. The van der Waals surface area contributed by atoms with E-state index in [0.29, 0.717) is 43.4 Å². The van der Waals surface area contributed by atoms with Gasteiger partial charge < -0.3 is 10.0 Å². The van der Waals surface area contributed by atoms with Crippen molar-refractivity contribution in [1.82, 2.24) is 19.7 Å². The zero-order valence-electron chi connectivity index (χ0n) is 16.5. The van der Waals surface area contributed by atoms with Gasteiger partial charge in [-0.25, -0.2) is 4.98 Å². The second-order valence-corrected chi connectivity index (χ2v) is 8.32. The maximum Gasteiger partial charge on any atom is 0.311 e. The number of hydrogen-bond acceptors (Lipinski definition) is 4. The number of nitrogens with one attached hydrogen (secondary N) is 1. The fourth-order valence-corrected chi connectivity index (χ4v) is 5.24. The van der Waals surface area contributed by atoms with E-state index in [1.807, 2.05) is 13.8 Å². The third-order valence-corrected chi connectivity index (χ3v) is 6.81. The number of carbonyl (C=O) groups is 2. The molecule has 0 radical (unpaired) electrons. The molecule has 2 aromatic heterocycles. The Balaban J connectivity index is 1.53. The van der Waals surface area contributed by atoms with Crippen LogP contribution in [0.25, 0.3) is 11.0 Å². The van der Waals surface area contributed by atoms with Gasteiger partial charge in [-0.3, -0.25) is 24.2 Å². The van der Waals surface area contributed by atoms with Crippen LogP contribution in [0.4, 0.5) is 0 Å². The van der Waals surface area contributed by atoms with Gasteiger partial charge in [0.2, 0.25) is 5.91 Å². The van der Waals surface area contributed by atoms with Crippen molar-refractivity contribution in [3.8, 4) is 0 Å². The largest absolute Gasteiger partial charge is 0.481 e. The van der Waals surface area contributed by atoms with Crippen LogP contribution in [0, 0.1) is 25.2 Å². The van der Waals surface area contributed by atoms with Crippen LogP contribution in [0.15, 0.2) is 4.79 Å². The highest BCUT2D eigenvalue weighted by Crippen LogP contribution is 2.49. The molecule has 8 heteroatoms. The summed E-state index contributed by atoms with van der Waals surface area (Å²) in [5, 5.41) is 13.0. The second kappa shape index (κ2) is 6.46. The van der Waals surface area contributed by atoms with Gasteiger partial charge in [-0.05, 0) is 50.2 Å². The minimum absolute atomic E-state index is 0.0177. The maximum absolute atomic E-state index is 12.8. The molecule has 0 bridgehead atoms. The van der Waals surface area contributed by atoms with E-state index < -0.39 is 11.4 Å². The summed E-state index contributed by atoms with van der Waals surface area (Å²) < 4.78 is 1.61. The number of carbonyl (C=O) groups excluding carboxylic acids is 1. The van der Waals surface area contributed by atoms with Gasteiger partial charge in [-0.1, -0.05) is 6.42 Å². The first kappa shape index (κ1) is 18.7. The molecule has 2 aliphatic rings. The van der Waals surface area contributed by atoms with E-state index in [0.717, 1.165) is 29.7 Å². The van der Waals surface area contributed by atoms with Gasteiger partial charge in [-0.15, -0.1) is 0 Å². The van der Waals surface area contributed by atoms with E-state index in [1.165, 1.54) is 0 Å². The number of amides is 1. The predicted molar refractivity (Wildman–Crippen MR) is 103 cm³/mol. The van der Waals surface area contributed by atoms with E-state index in [-0.39, 0.29) is 17.4 Å². The number of pyridine rings is 1. The number of H-pyrrole nitrogens is 1. The van der Waals surface area contributed by atoms with Gasteiger partial charge in [-0.2, -0.15) is 0 Å². The van der Waals surface area contributed by atoms with Gasteiger partial charge in [0.05, 0.1) is 10.8 Å². The third kappa shape index (κ3) is 2.65. The average Bonchev–Trinajstić information content (AvgIpc) is 3.26. The predicted octanol–water partition coefficient (Wildman–Crippen LogP) is 1.52. The molecule has 2 N–H and O–H groups in total. The highest BCUT2D eigenvalue weighted by atomic mass is 16.4. The number of hydrogen-bond donors (Lipinski definition) is 2. The van der Waals surface area contributed by atoms with Crippen molar-refractivity contribution in [2.24, 2.45) is 18.4 Å². The van der Waals surface area contributed by atoms with E-state index in [4.69, 9.17) is 0 Å². The average molecular weight is 386 g/mol. The number of aromatic amines is 1. The standard InChI is InChI=1S/C20H26N4O4/c1-11-14(12(2)21-17-16(11)18(26)22-23(17)3)6-7-15(25)24-9-13-5-4-8-20(13,10-24)19(27)28/h13H,4-10H2,1-3H3,(H,22,26)(H,27,28)/t13-,20+/m0/s1.